The first-order valence-electron chi connectivity index (χ1n) is 6.58. The van der Waals surface area contributed by atoms with Crippen LogP contribution in [0, 0.1) is 5.41 Å². The second-order valence-electron chi connectivity index (χ2n) is 5.50. The molecule has 2 nitrogen and oxygen atoms in total. The van der Waals surface area contributed by atoms with Crippen molar-refractivity contribution in [3.63, 3.8) is 0 Å². The zero-order valence-corrected chi connectivity index (χ0v) is 13.0. The molecule has 1 N–H and O–H groups in total. The first-order chi connectivity index (χ1) is 8.80. The summed E-state index contributed by atoms with van der Waals surface area (Å²) in [4.78, 5) is 12.2. The summed E-state index contributed by atoms with van der Waals surface area (Å²) < 4.78 is -0.914. The third-order valence-electron chi connectivity index (χ3n) is 3.99. The smallest absolute Gasteiger partial charge is 0.229 e. The number of amides is 1. The standard InChI is InChI=1S/C15H19Cl2NO/c1-4-11-5-7-12(8-6-11)10(2)18-13(19)14(3)9-15(14,16)17/h5-8,10H,4,9H2,1-3H3,(H,18,19). The van der Waals surface area contributed by atoms with Gasteiger partial charge in [0.25, 0.3) is 0 Å². The van der Waals surface area contributed by atoms with Crippen molar-refractivity contribution < 1.29 is 4.79 Å². The van der Waals surface area contributed by atoms with Crippen LogP contribution in [0.5, 0.6) is 0 Å². The Morgan fingerprint density at radius 1 is 1.37 bits per heavy atom. The average Bonchev–Trinajstić information content (AvgIpc) is 2.90. The fraction of sp³-hybridized carbons (Fsp3) is 0.533. The second kappa shape index (κ2) is 4.99. The van der Waals surface area contributed by atoms with Gasteiger partial charge in [-0.05, 0) is 37.8 Å². The van der Waals surface area contributed by atoms with Crippen LogP contribution in [0.3, 0.4) is 0 Å². The molecule has 1 amide bonds. The van der Waals surface area contributed by atoms with Gasteiger partial charge in [-0.2, -0.15) is 0 Å². The van der Waals surface area contributed by atoms with Crippen molar-refractivity contribution >= 4 is 29.1 Å². The number of hydrogen-bond donors (Lipinski definition) is 1. The molecule has 1 aliphatic rings. The van der Waals surface area contributed by atoms with Crippen LogP contribution in [0.2, 0.25) is 0 Å². The third-order valence-corrected chi connectivity index (χ3v) is 5.10. The molecule has 1 aromatic carbocycles. The van der Waals surface area contributed by atoms with Crippen molar-refractivity contribution in [3.05, 3.63) is 35.4 Å². The van der Waals surface area contributed by atoms with Gasteiger partial charge in [-0.15, -0.1) is 23.2 Å². The van der Waals surface area contributed by atoms with Crippen LogP contribution in [-0.4, -0.2) is 10.2 Å². The molecule has 4 heteroatoms. The number of nitrogens with one attached hydrogen (secondary N) is 1. The number of hydrogen-bond acceptors (Lipinski definition) is 1. The van der Waals surface area contributed by atoms with Crippen LogP contribution >= 0.6 is 23.2 Å². The summed E-state index contributed by atoms with van der Waals surface area (Å²) >= 11 is 12.0. The molecule has 0 spiro atoms. The van der Waals surface area contributed by atoms with E-state index in [0.29, 0.717) is 6.42 Å². The highest BCUT2D eigenvalue weighted by Crippen LogP contribution is 2.63. The molecule has 0 aromatic heterocycles. The molecule has 19 heavy (non-hydrogen) atoms. The fourth-order valence-corrected chi connectivity index (χ4v) is 2.83. The maximum absolute atomic E-state index is 12.2. The van der Waals surface area contributed by atoms with E-state index in [9.17, 15) is 4.79 Å². The van der Waals surface area contributed by atoms with E-state index in [-0.39, 0.29) is 11.9 Å². The van der Waals surface area contributed by atoms with Gasteiger partial charge in [0.15, 0.2) is 0 Å². The van der Waals surface area contributed by atoms with Crippen molar-refractivity contribution in [2.45, 2.75) is 44.0 Å². The predicted molar refractivity (Wildman–Crippen MR) is 79.5 cm³/mol. The molecule has 0 radical (unpaired) electrons. The van der Waals surface area contributed by atoms with Crippen LogP contribution in [0.4, 0.5) is 0 Å². The van der Waals surface area contributed by atoms with E-state index in [0.717, 1.165) is 12.0 Å². The van der Waals surface area contributed by atoms with Crippen molar-refractivity contribution in [2.24, 2.45) is 5.41 Å². The Hall–Kier alpha value is -0.730. The number of aryl methyl sites for hydroxylation is 1. The summed E-state index contributed by atoms with van der Waals surface area (Å²) in [6.45, 7) is 5.89. The summed E-state index contributed by atoms with van der Waals surface area (Å²) in [5, 5.41) is 2.98. The number of carbonyl (C=O) groups is 1. The summed E-state index contributed by atoms with van der Waals surface area (Å²) in [5.41, 5.74) is 1.72. The maximum atomic E-state index is 12.2. The first kappa shape index (κ1) is 14.7. The molecule has 0 bridgehead atoms. The Balaban J connectivity index is 2.01. The van der Waals surface area contributed by atoms with Crippen molar-refractivity contribution in [1.29, 1.82) is 0 Å². The molecule has 2 unspecified atom stereocenters. The molecular formula is C15H19Cl2NO. The van der Waals surface area contributed by atoms with Gasteiger partial charge in [-0.1, -0.05) is 31.2 Å². The monoisotopic (exact) mass is 299 g/mol. The topological polar surface area (TPSA) is 29.1 Å². The van der Waals surface area contributed by atoms with Crippen LogP contribution in [0.25, 0.3) is 0 Å². The average molecular weight is 300 g/mol. The highest BCUT2D eigenvalue weighted by molar-refractivity contribution is 6.53. The molecule has 1 fully saturated rings. The summed E-state index contributed by atoms with van der Waals surface area (Å²) in [7, 11) is 0. The normalized spacial score (nSPS) is 25.7. The molecule has 104 valence electrons. The number of carbonyl (C=O) groups excluding carboxylic acids is 1. The highest BCUT2D eigenvalue weighted by atomic mass is 35.5. The molecule has 1 aliphatic carbocycles. The molecule has 1 saturated carbocycles. The Bertz CT molecular complexity index is 483. The van der Waals surface area contributed by atoms with Gasteiger partial charge in [0.2, 0.25) is 5.91 Å². The lowest BCUT2D eigenvalue weighted by Crippen LogP contribution is -2.35. The predicted octanol–water partition coefficient (Wildman–Crippen LogP) is 4.01. The third kappa shape index (κ3) is 2.75. The summed E-state index contributed by atoms with van der Waals surface area (Å²) in [6, 6.07) is 8.23. The van der Waals surface area contributed by atoms with Crippen molar-refractivity contribution in [2.75, 3.05) is 0 Å². The van der Waals surface area contributed by atoms with E-state index in [4.69, 9.17) is 23.2 Å². The Labute approximate surface area is 124 Å². The highest BCUT2D eigenvalue weighted by Gasteiger charge is 2.67. The van der Waals surface area contributed by atoms with Gasteiger partial charge >= 0.3 is 0 Å². The van der Waals surface area contributed by atoms with Crippen LogP contribution in [0.15, 0.2) is 24.3 Å². The van der Waals surface area contributed by atoms with Crippen molar-refractivity contribution in [1.82, 2.24) is 5.32 Å². The van der Waals surface area contributed by atoms with E-state index in [1.165, 1.54) is 5.56 Å². The lowest BCUT2D eigenvalue weighted by Gasteiger charge is -2.18. The Morgan fingerprint density at radius 3 is 2.32 bits per heavy atom. The number of benzene rings is 1. The zero-order valence-electron chi connectivity index (χ0n) is 11.5. The zero-order chi connectivity index (χ0) is 14.3. The number of rotatable bonds is 4. The van der Waals surface area contributed by atoms with Crippen molar-refractivity contribution in [3.8, 4) is 0 Å². The number of alkyl halides is 2. The van der Waals surface area contributed by atoms with E-state index in [1.807, 2.05) is 19.1 Å². The lowest BCUT2D eigenvalue weighted by atomic mass is 10.0. The Kier molecular flexibility index (Phi) is 3.85. The molecule has 0 aliphatic heterocycles. The van der Waals surface area contributed by atoms with Crippen LogP contribution in [-0.2, 0) is 11.2 Å². The molecule has 2 rings (SSSR count). The quantitative estimate of drug-likeness (QED) is 0.836. The molecule has 2 atom stereocenters. The molecule has 0 saturated heterocycles. The summed E-state index contributed by atoms with van der Waals surface area (Å²) in [5.74, 6) is -0.0791. The molecule has 0 heterocycles. The van der Waals surface area contributed by atoms with Crippen LogP contribution in [0.1, 0.15) is 44.4 Å². The van der Waals surface area contributed by atoms with E-state index in [2.05, 4.69) is 24.4 Å². The van der Waals surface area contributed by atoms with Gasteiger partial charge in [0.1, 0.15) is 4.33 Å². The van der Waals surface area contributed by atoms with Gasteiger partial charge in [-0.25, -0.2) is 0 Å². The van der Waals surface area contributed by atoms with Gasteiger partial charge in [0.05, 0.1) is 11.5 Å². The number of halogens is 2. The minimum Gasteiger partial charge on any atom is -0.349 e. The van der Waals surface area contributed by atoms with Crippen LogP contribution < -0.4 is 5.32 Å². The lowest BCUT2D eigenvalue weighted by molar-refractivity contribution is -0.126. The summed E-state index contributed by atoms with van der Waals surface area (Å²) in [6.07, 6.45) is 1.52. The first-order valence-corrected chi connectivity index (χ1v) is 7.33. The minimum atomic E-state index is -0.914. The van der Waals surface area contributed by atoms with E-state index >= 15 is 0 Å². The fourth-order valence-electron chi connectivity index (χ4n) is 2.13. The maximum Gasteiger partial charge on any atom is 0.229 e. The van der Waals surface area contributed by atoms with Gasteiger partial charge < -0.3 is 5.32 Å². The van der Waals surface area contributed by atoms with E-state index in [1.54, 1.807) is 6.92 Å². The minimum absolute atomic E-state index is 0.0417. The largest absolute Gasteiger partial charge is 0.349 e. The van der Waals surface area contributed by atoms with E-state index < -0.39 is 9.75 Å². The van der Waals surface area contributed by atoms with Gasteiger partial charge in [0, 0.05) is 0 Å². The Morgan fingerprint density at radius 2 is 1.89 bits per heavy atom. The SMILES string of the molecule is CCc1ccc(C(C)NC(=O)C2(C)CC2(Cl)Cl)cc1. The molecular weight excluding hydrogens is 281 g/mol. The molecule has 1 aromatic rings. The van der Waals surface area contributed by atoms with Gasteiger partial charge in [-0.3, -0.25) is 4.79 Å². The second-order valence-corrected chi connectivity index (χ2v) is 6.99.